The Balaban J connectivity index is 0.00000144. The van der Waals surface area contributed by atoms with E-state index in [1.54, 1.807) is 17.1 Å². The molecule has 1 aliphatic rings. The number of nitrogens with one attached hydrogen (secondary N) is 2. The number of aromatic nitrogens is 2. The SMILES string of the molecule is Cl.Cn1cc(NC(=O)CC2CSCCN2)cn1. The third-order valence-electron chi connectivity index (χ3n) is 2.42. The van der Waals surface area contributed by atoms with Gasteiger partial charge in [0, 0.05) is 43.8 Å². The molecule has 17 heavy (non-hydrogen) atoms. The van der Waals surface area contributed by atoms with Gasteiger partial charge in [-0.15, -0.1) is 12.4 Å². The van der Waals surface area contributed by atoms with Gasteiger partial charge in [0.1, 0.15) is 0 Å². The lowest BCUT2D eigenvalue weighted by Crippen LogP contribution is -2.39. The largest absolute Gasteiger partial charge is 0.323 e. The minimum Gasteiger partial charge on any atom is -0.323 e. The molecule has 2 rings (SSSR count). The summed E-state index contributed by atoms with van der Waals surface area (Å²) in [4.78, 5) is 11.7. The third-order valence-corrected chi connectivity index (χ3v) is 3.55. The normalized spacial score (nSPS) is 19.5. The van der Waals surface area contributed by atoms with Gasteiger partial charge in [-0.25, -0.2) is 0 Å². The van der Waals surface area contributed by atoms with Gasteiger partial charge in [0.2, 0.25) is 5.91 Å². The summed E-state index contributed by atoms with van der Waals surface area (Å²) in [5.74, 6) is 2.20. The number of hydrogen-bond donors (Lipinski definition) is 2. The molecule has 1 atom stereocenters. The summed E-state index contributed by atoms with van der Waals surface area (Å²) in [7, 11) is 1.83. The average Bonchev–Trinajstić information content (AvgIpc) is 2.65. The van der Waals surface area contributed by atoms with Gasteiger partial charge in [0.15, 0.2) is 0 Å². The van der Waals surface area contributed by atoms with E-state index in [-0.39, 0.29) is 18.3 Å². The van der Waals surface area contributed by atoms with Crippen molar-refractivity contribution < 1.29 is 4.79 Å². The first-order chi connectivity index (χ1) is 7.74. The smallest absolute Gasteiger partial charge is 0.226 e. The van der Waals surface area contributed by atoms with Crippen molar-refractivity contribution >= 4 is 35.8 Å². The Hall–Kier alpha value is -0.720. The van der Waals surface area contributed by atoms with Crippen LogP contribution in [0.5, 0.6) is 0 Å². The van der Waals surface area contributed by atoms with Crippen molar-refractivity contribution in [3.63, 3.8) is 0 Å². The molecular formula is C10H17ClN4OS. The average molecular weight is 277 g/mol. The molecule has 1 amide bonds. The maximum absolute atomic E-state index is 11.7. The van der Waals surface area contributed by atoms with Gasteiger partial charge in [-0.2, -0.15) is 16.9 Å². The predicted octanol–water partition coefficient (Wildman–Crippen LogP) is 0.875. The number of halogens is 1. The van der Waals surface area contributed by atoms with E-state index in [9.17, 15) is 4.79 Å². The molecule has 1 unspecified atom stereocenters. The summed E-state index contributed by atoms with van der Waals surface area (Å²) in [5.41, 5.74) is 0.760. The molecule has 0 spiro atoms. The molecule has 0 radical (unpaired) electrons. The number of carbonyl (C=O) groups excluding carboxylic acids is 1. The quantitative estimate of drug-likeness (QED) is 0.860. The van der Waals surface area contributed by atoms with Crippen molar-refractivity contribution in [2.75, 3.05) is 23.4 Å². The van der Waals surface area contributed by atoms with Gasteiger partial charge in [-0.05, 0) is 0 Å². The molecule has 1 fully saturated rings. The molecule has 0 aliphatic carbocycles. The summed E-state index contributed by atoms with van der Waals surface area (Å²) in [6, 6.07) is 0.301. The van der Waals surface area contributed by atoms with Crippen LogP contribution in [-0.4, -0.2) is 39.8 Å². The molecule has 1 aromatic heterocycles. The molecule has 1 saturated heterocycles. The Morgan fingerprint density at radius 1 is 1.76 bits per heavy atom. The highest BCUT2D eigenvalue weighted by molar-refractivity contribution is 7.99. The monoisotopic (exact) mass is 276 g/mol. The lowest BCUT2D eigenvalue weighted by molar-refractivity contribution is -0.116. The van der Waals surface area contributed by atoms with Crippen LogP contribution in [0.25, 0.3) is 0 Å². The first-order valence-corrected chi connectivity index (χ1v) is 6.49. The van der Waals surface area contributed by atoms with Crippen LogP contribution in [0.4, 0.5) is 5.69 Å². The van der Waals surface area contributed by atoms with Crippen LogP contribution in [0.15, 0.2) is 12.4 Å². The van der Waals surface area contributed by atoms with Crippen molar-refractivity contribution in [3.05, 3.63) is 12.4 Å². The number of rotatable bonds is 3. The van der Waals surface area contributed by atoms with Crippen molar-refractivity contribution in [3.8, 4) is 0 Å². The number of anilines is 1. The Kier molecular flexibility index (Phi) is 5.80. The first-order valence-electron chi connectivity index (χ1n) is 5.33. The molecule has 7 heteroatoms. The van der Waals surface area contributed by atoms with Crippen LogP contribution in [0.1, 0.15) is 6.42 Å². The fourth-order valence-corrected chi connectivity index (χ4v) is 2.62. The molecule has 96 valence electrons. The molecule has 0 bridgehead atoms. The molecule has 1 aliphatic heterocycles. The molecule has 0 aromatic carbocycles. The van der Waals surface area contributed by atoms with Crippen molar-refractivity contribution in [1.29, 1.82) is 0 Å². The van der Waals surface area contributed by atoms with E-state index in [1.165, 1.54) is 0 Å². The van der Waals surface area contributed by atoms with E-state index in [0.29, 0.717) is 12.5 Å². The Morgan fingerprint density at radius 3 is 3.18 bits per heavy atom. The van der Waals surface area contributed by atoms with Crippen LogP contribution in [0, 0.1) is 0 Å². The molecule has 2 N–H and O–H groups in total. The highest BCUT2D eigenvalue weighted by Crippen LogP contribution is 2.11. The number of hydrogen-bond acceptors (Lipinski definition) is 4. The zero-order chi connectivity index (χ0) is 11.4. The lowest BCUT2D eigenvalue weighted by atomic mass is 10.2. The number of amides is 1. The second-order valence-corrected chi connectivity index (χ2v) is 5.03. The van der Waals surface area contributed by atoms with E-state index >= 15 is 0 Å². The van der Waals surface area contributed by atoms with E-state index in [0.717, 1.165) is 23.7 Å². The van der Waals surface area contributed by atoms with Gasteiger partial charge < -0.3 is 10.6 Å². The Morgan fingerprint density at radius 2 is 2.59 bits per heavy atom. The van der Waals surface area contributed by atoms with E-state index < -0.39 is 0 Å². The number of aryl methyl sites for hydroxylation is 1. The summed E-state index contributed by atoms with van der Waals surface area (Å²) >= 11 is 1.90. The van der Waals surface area contributed by atoms with Crippen molar-refractivity contribution in [1.82, 2.24) is 15.1 Å². The highest BCUT2D eigenvalue weighted by atomic mass is 35.5. The van der Waals surface area contributed by atoms with Gasteiger partial charge in [-0.1, -0.05) is 0 Å². The second-order valence-electron chi connectivity index (χ2n) is 3.88. The Labute approximate surface area is 111 Å². The van der Waals surface area contributed by atoms with Gasteiger partial charge in [-0.3, -0.25) is 9.48 Å². The fourth-order valence-electron chi connectivity index (χ4n) is 1.67. The van der Waals surface area contributed by atoms with Crippen molar-refractivity contribution in [2.24, 2.45) is 7.05 Å². The lowest BCUT2D eigenvalue weighted by Gasteiger charge is -2.22. The highest BCUT2D eigenvalue weighted by Gasteiger charge is 2.16. The zero-order valence-corrected chi connectivity index (χ0v) is 11.3. The van der Waals surface area contributed by atoms with Gasteiger partial charge in [0.05, 0.1) is 11.9 Å². The standard InChI is InChI=1S/C10H16N4OS.ClH/c1-14-6-9(5-12-14)13-10(15)4-8-7-16-3-2-11-8;/h5-6,8,11H,2-4,7H2,1H3,(H,13,15);1H. The number of carbonyl (C=O) groups is 1. The number of thioether (sulfide) groups is 1. The summed E-state index contributed by atoms with van der Waals surface area (Å²) in [6.07, 6.45) is 3.98. The first kappa shape index (κ1) is 14.3. The predicted molar refractivity (Wildman–Crippen MR) is 72.8 cm³/mol. The second kappa shape index (κ2) is 6.88. The molecule has 0 saturated carbocycles. The molecule has 5 nitrogen and oxygen atoms in total. The van der Waals surface area contributed by atoms with Crippen LogP contribution < -0.4 is 10.6 Å². The number of nitrogens with zero attached hydrogens (tertiary/aromatic N) is 2. The van der Waals surface area contributed by atoms with Crippen LogP contribution >= 0.6 is 24.2 Å². The van der Waals surface area contributed by atoms with Crippen molar-refractivity contribution in [2.45, 2.75) is 12.5 Å². The maximum atomic E-state index is 11.7. The fraction of sp³-hybridized carbons (Fsp3) is 0.600. The summed E-state index contributed by atoms with van der Waals surface area (Å²) < 4.78 is 1.67. The van der Waals surface area contributed by atoms with E-state index in [4.69, 9.17) is 0 Å². The molecular weight excluding hydrogens is 260 g/mol. The molecule has 1 aromatic rings. The summed E-state index contributed by atoms with van der Waals surface area (Å²) in [6.45, 7) is 0.996. The van der Waals surface area contributed by atoms with Crippen LogP contribution in [0.3, 0.4) is 0 Å². The van der Waals surface area contributed by atoms with Crippen LogP contribution in [0.2, 0.25) is 0 Å². The van der Waals surface area contributed by atoms with E-state index in [2.05, 4.69) is 15.7 Å². The maximum Gasteiger partial charge on any atom is 0.226 e. The Bertz CT molecular complexity index is 365. The topological polar surface area (TPSA) is 59.0 Å². The minimum absolute atomic E-state index is 0. The van der Waals surface area contributed by atoms with Gasteiger partial charge >= 0.3 is 0 Å². The van der Waals surface area contributed by atoms with Crippen LogP contribution in [-0.2, 0) is 11.8 Å². The third kappa shape index (κ3) is 4.57. The van der Waals surface area contributed by atoms with Gasteiger partial charge in [0.25, 0.3) is 0 Å². The van der Waals surface area contributed by atoms with E-state index in [1.807, 2.05) is 18.8 Å². The molecule has 2 heterocycles. The zero-order valence-electron chi connectivity index (χ0n) is 9.68. The summed E-state index contributed by atoms with van der Waals surface area (Å²) in [5, 5.41) is 10.2. The minimum atomic E-state index is 0.